The van der Waals surface area contributed by atoms with Gasteiger partial charge in [0.2, 0.25) is 11.8 Å². The molecule has 6 nitrogen and oxygen atoms in total. The highest BCUT2D eigenvalue weighted by Gasteiger charge is 2.34. The van der Waals surface area contributed by atoms with E-state index in [2.05, 4.69) is 16.0 Å². The Labute approximate surface area is 153 Å². The lowest BCUT2D eigenvalue weighted by atomic mass is 10.1. The zero-order valence-electron chi connectivity index (χ0n) is 14.6. The van der Waals surface area contributed by atoms with Crippen LogP contribution < -0.4 is 20.7 Å². The summed E-state index contributed by atoms with van der Waals surface area (Å²) in [6, 6.07) is 9.95. The molecule has 0 radical (unpaired) electrons. The molecular formula is C18H18F3N3O3. The van der Waals surface area contributed by atoms with Crippen molar-refractivity contribution < 1.29 is 27.5 Å². The number of amides is 2. The number of hydrogen-bond acceptors (Lipinski definition) is 4. The average Bonchev–Trinajstić information content (AvgIpc) is 2.59. The number of carbonyl (C=O) groups excluding carboxylic acids is 2. The molecule has 2 amide bonds. The monoisotopic (exact) mass is 381 g/mol. The Balaban J connectivity index is 2.12. The first kappa shape index (κ1) is 20.1. The smallest absolute Gasteiger partial charge is 0.418 e. The van der Waals surface area contributed by atoms with Gasteiger partial charge in [0, 0.05) is 18.3 Å². The fraction of sp³-hybridized carbons (Fsp3) is 0.222. The Kier molecular flexibility index (Phi) is 6.27. The molecule has 0 heterocycles. The SMILES string of the molecule is COc1ccccc1NC(=O)CNc1ccc(NC(C)=O)cc1C(F)(F)F. The van der Waals surface area contributed by atoms with Crippen molar-refractivity contribution in [2.24, 2.45) is 0 Å². The van der Waals surface area contributed by atoms with Crippen LogP contribution in [0.4, 0.5) is 30.2 Å². The van der Waals surface area contributed by atoms with Crippen molar-refractivity contribution in [2.45, 2.75) is 13.1 Å². The molecule has 3 N–H and O–H groups in total. The molecule has 0 unspecified atom stereocenters. The number of hydrogen-bond donors (Lipinski definition) is 3. The lowest BCUT2D eigenvalue weighted by Crippen LogP contribution is -2.23. The molecule has 0 atom stereocenters. The number of carbonyl (C=O) groups is 2. The van der Waals surface area contributed by atoms with E-state index in [1.165, 1.54) is 20.1 Å². The maximum atomic E-state index is 13.3. The van der Waals surface area contributed by atoms with E-state index in [1.54, 1.807) is 24.3 Å². The van der Waals surface area contributed by atoms with E-state index in [1.807, 2.05) is 0 Å². The predicted octanol–water partition coefficient (Wildman–Crippen LogP) is 3.72. The summed E-state index contributed by atoms with van der Waals surface area (Å²) in [6.45, 7) is 0.808. The molecule has 0 spiro atoms. The predicted molar refractivity (Wildman–Crippen MR) is 95.9 cm³/mol. The van der Waals surface area contributed by atoms with Gasteiger partial charge in [0.05, 0.1) is 24.9 Å². The van der Waals surface area contributed by atoms with Gasteiger partial charge in [-0.15, -0.1) is 0 Å². The van der Waals surface area contributed by atoms with Crippen LogP contribution in [0.3, 0.4) is 0 Å². The lowest BCUT2D eigenvalue weighted by Gasteiger charge is -2.16. The normalized spacial score (nSPS) is 10.9. The average molecular weight is 381 g/mol. The van der Waals surface area contributed by atoms with Crippen LogP contribution in [0.1, 0.15) is 12.5 Å². The highest BCUT2D eigenvalue weighted by Crippen LogP contribution is 2.36. The minimum absolute atomic E-state index is 0.0128. The van der Waals surface area contributed by atoms with Gasteiger partial charge in [-0.25, -0.2) is 0 Å². The number of ether oxygens (including phenoxy) is 1. The third-order valence-electron chi connectivity index (χ3n) is 3.47. The van der Waals surface area contributed by atoms with E-state index in [-0.39, 0.29) is 17.9 Å². The maximum Gasteiger partial charge on any atom is 0.418 e. The third kappa shape index (κ3) is 5.63. The number of halogens is 3. The van der Waals surface area contributed by atoms with Gasteiger partial charge in [-0.2, -0.15) is 13.2 Å². The first-order chi connectivity index (χ1) is 12.7. The van der Waals surface area contributed by atoms with Crippen LogP contribution in [0.5, 0.6) is 5.75 Å². The summed E-state index contributed by atoms with van der Waals surface area (Å²) in [4.78, 5) is 23.1. The Morgan fingerprint density at radius 3 is 2.37 bits per heavy atom. The van der Waals surface area contributed by atoms with Crippen molar-refractivity contribution in [1.82, 2.24) is 0 Å². The molecule has 2 aromatic carbocycles. The fourth-order valence-electron chi connectivity index (χ4n) is 2.33. The molecule has 0 aliphatic rings. The molecule has 9 heteroatoms. The topological polar surface area (TPSA) is 79.5 Å². The van der Waals surface area contributed by atoms with E-state index in [0.717, 1.165) is 12.1 Å². The number of methoxy groups -OCH3 is 1. The van der Waals surface area contributed by atoms with Crippen LogP contribution in [0.2, 0.25) is 0 Å². The Bertz CT molecular complexity index is 838. The first-order valence-corrected chi connectivity index (χ1v) is 7.86. The molecule has 0 saturated heterocycles. The Morgan fingerprint density at radius 2 is 1.74 bits per heavy atom. The van der Waals surface area contributed by atoms with Gasteiger partial charge < -0.3 is 20.7 Å². The molecule has 2 aromatic rings. The molecular weight excluding hydrogens is 363 g/mol. The van der Waals surface area contributed by atoms with E-state index in [9.17, 15) is 22.8 Å². The zero-order valence-corrected chi connectivity index (χ0v) is 14.6. The van der Waals surface area contributed by atoms with Crippen molar-refractivity contribution in [2.75, 3.05) is 29.6 Å². The lowest BCUT2D eigenvalue weighted by molar-refractivity contribution is -0.137. The van der Waals surface area contributed by atoms with Crippen molar-refractivity contribution in [3.63, 3.8) is 0 Å². The summed E-state index contributed by atoms with van der Waals surface area (Å²) in [5.74, 6) is -0.597. The molecule has 2 rings (SSSR count). The number of benzene rings is 2. The molecule has 0 saturated carbocycles. The van der Waals surface area contributed by atoms with Crippen molar-refractivity contribution in [3.05, 3.63) is 48.0 Å². The number of rotatable bonds is 6. The second-order valence-corrected chi connectivity index (χ2v) is 5.54. The van der Waals surface area contributed by atoms with Gasteiger partial charge in [0.15, 0.2) is 0 Å². The second kappa shape index (κ2) is 8.43. The van der Waals surface area contributed by atoms with Gasteiger partial charge in [-0.1, -0.05) is 12.1 Å². The van der Waals surface area contributed by atoms with Crippen LogP contribution in [0.25, 0.3) is 0 Å². The summed E-state index contributed by atoms with van der Waals surface area (Å²) in [5, 5.41) is 7.33. The summed E-state index contributed by atoms with van der Waals surface area (Å²) in [6.07, 6.45) is -4.66. The number of nitrogens with one attached hydrogen (secondary N) is 3. The maximum absolute atomic E-state index is 13.3. The van der Waals surface area contributed by atoms with Crippen LogP contribution in [0.15, 0.2) is 42.5 Å². The third-order valence-corrected chi connectivity index (χ3v) is 3.47. The molecule has 0 fully saturated rings. The van der Waals surface area contributed by atoms with E-state index >= 15 is 0 Å². The largest absolute Gasteiger partial charge is 0.495 e. The zero-order chi connectivity index (χ0) is 20.0. The van der Waals surface area contributed by atoms with E-state index < -0.39 is 23.6 Å². The molecule has 0 aromatic heterocycles. The molecule has 144 valence electrons. The van der Waals surface area contributed by atoms with Gasteiger partial charge in [-0.05, 0) is 30.3 Å². The number of alkyl halides is 3. The molecule has 27 heavy (non-hydrogen) atoms. The minimum atomic E-state index is -4.66. The number of anilines is 3. The summed E-state index contributed by atoms with van der Waals surface area (Å²) in [5.41, 5.74) is -0.840. The van der Waals surface area contributed by atoms with Crippen LogP contribution in [0, 0.1) is 0 Å². The van der Waals surface area contributed by atoms with Crippen LogP contribution in [-0.2, 0) is 15.8 Å². The van der Waals surface area contributed by atoms with Crippen molar-refractivity contribution in [3.8, 4) is 5.75 Å². The standard InChI is InChI=1S/C18H18F3N3O3/c1-11(25)23-12-7-8-14(13(9-12)18(19,20)21)22-10-17(26)24-15-5-3-4-6-16(15)27-2/h3-9,22H,10H2,1-2H3,(H,23,25)(H,24,26). The van der Waals surface area contributed by atoms with Crippen molar-refractivity contribution in [1.29, 1.82) is 0 Å². The van der Waals surface area contributed by atoms with Gasteiger partial charge in [-0.3, -0.25) is 9.59 Å². The first-order valence-electron chi connectivity index (χ1n) is 7.86. The summed E-state index contributed by atoms with van der Waals surface area (Å²) in [7, 11) is 1.44. The molecule has 0 aliphatic carbocycles. The molecule has 0 bridgehead atoms. The quantitative estimate of drug-likeness (QED) is 0.713. The van der Waals surface area contributed by atoms with Crippen LogP contribution >= 0.6 is 0 Å². The second-order valence-electron chi connectivity index (χ2n) is 5.54. The van der Waals surface area contributed by atoms with Crippen LogP contribution in [-0.4, -0.2) is 25.5 Å². The minimum Gasteiger partial charge on any atom is -0.495 e. The highest BCUT2D eigenvalue weighted by atomic mass is 19.4. The number of para-hydroxylation sites is 2. The van der Waals surface area contributed by atoms with Gasteiger partial charge >= 0.3 is 6.18 Å². The Hall–Kier alpha value is -3.23. The Morgan fingerprint density at radius 1 is 1.04 bits per heavy atom. The summed E-state index contributed by atoms with van der Waals surface area (Å²) < 4.78 is 44.9. The van der Waals surface area contributed by atoms with Gasteiger partial charge in [0.1, 0.15) is 5.75 Å². The fourth-order valence-corrected chi connectivity index (χ4v) is 2.33. The molecule has 0 aliphatic heterocycles. The van der Waals surface area contributed by atoms with E-state index in [4.69, 9.17) is 4.74 Å². The van der Waals surface area contributed by atoms with E-state index in [0.29, 0.717) is 11.4 Å². The highest BCUT2D eigenvalue weighted by molar-refractivity contribution is 5.95. The van der Waals surface area contributed by atoms with Crippen molar-refractivity contribution >= 4 is 28.9 Å². The van der Waals surface area contributed by atoms with Gasteiger partial charge in [0.25, 0.3) is 0 Å². The summed E-state index contributed by atoms with van der Waals surface area (Å²) >= 11 is 0.